The van der Waals surface area contributed by atoms with Crippen LogP contribution in [-0.2, 0) is 6.42 Å². The van der Waals surface area contributed by atoms with Crippen LogP contribution >= 0.6 is 79.6 Å². The highest BCUT2D eigenvalue weighted by Crippen LogP contribution is 2.51. The highest BCUT2D eigenvalue weighted by atomic mass is 79.9. The molecule has 0 aliphatic rings. The number of hydrogen-bond acceptors (Lipinski definition) is 4. The molecule has 0 saturated carbocycles. The zero-order valence-electron chi connectivity index (χ0n) is 15.2. The normalized spacial score (nSPS) is 10.7. The molecule has 2 rings (SSSR count). The largest absolute Gasteiger partial charge is 0.492 e. The first-order valence-corrected chi connectivity index (χ1v) is 11.6. The molecular formula is C18H17Br5O4. The smallest absolute Gasteiger partial charge is 0.177 e. The Labute approximate surface area is 200 Å². The van der Waals surface area contributed by atoms with Crippen molar-refractivity contribution in [2.75, 3.05) is 28.4 Å². The maximum Gasteiger partial charge on any atom is 0.177 e. The van der Waals surface area contributed by atoms with Crippen molar-refractivity contribution in [3.05, 3.63) is 39.1 Å². The summed E-state index contributed by atoms with van der Waals surface area (Å²) in [6.45, 7) is 2.03. The van der Waals surface area contributed by atoms with Gasteiger partial charge >= 0.3 is 0 Å². The van der Waals surface area contributed by atoms with Crippen molar-refractivity contribution in [1.82, 2.24) is 0 Å². The summed E-state index contributed by atoms with van der Waals surface area (Å²) >= 11 is 18.3. The van der Waals surface area contributed by atoms with Crippen molar-refractivity contribution in [2.45, 2.75) is 13.3 Å². The minimum atomic E-state index is 0.603. The third-order valence-electron chi connectivity index (χ3n) is 4.15. The van der Waals surface area contributed by atoms with E-state index in [1.807, 2.05) is 6.92 Å². The average molecular weight is 697 g/mol. The fourth-order valence-electron chi connectivity index (χ4n) is 2.74. The highest BCUT2D eigenvalue weighted by molar-refractivity contribution is 9.13. The summed E-state index contributed by atoms with van der Waals surface area (Å²) < 4.78 is 26.3. The van der Waals surface area contributed by atoms with Gasteiger partial charge in [-0.3, -0.25) is 0 Å². The third kappa shape index (κ3) is 4.17. The van der Waals surface area contributed by atoms with Crippen LogP contribution in [0.25, 0.3) is 0 Å². The standard InChI is InChI=1S/C18H17Br5O4/c1-7-8(12(21)16(25-3)15(24-2)10(7)19)6-9-11(20)14(23)18(27-5)17(26-4)13(9)22/h6H2,1-5H3. The Kier molecular flexibility index (Phi) is 8.37. The van der Waals surface area contributed by atoms with Crippen molar-refractivity contribution >= 4 is 79.6 Å². The SMILES string of the molecule is COc1c(Br)c(C)c(Cc2c(Br)c(Br)c(OC)c(OC)c2Br)c(Br)c1OC. The van der Waals surface area contributed by atoms with E-state index in [9.17, 15) is 0 Å². The van der Waals surface area contributed by atoms with Gasteiger partial charge in [0.15, 0.2) is 23.0 Å². The Hall–Kier alpha value is 0.0400. The van der Waals surface area contributed by atoms with Crippen molar-refractivity contribution in [1.29, 1.82) is 0 Å². The van der Waals surface area contributed by atoms with Gasteiger partial charge in [0.1, 0.15) is 0 Å². The molecule has 0 atom stereocenters. The molecule has 0 N–H and O–H groups in total. The lowest BCUT2D eigenvalue weighted by Crippen LogP contribution is -2.04. The summed E-state index contributed by atoms with van der Waals surface area (Å²) in [5, 5.41) is 0. The molecule has 9 heteroatoms. The Balaban J connectivity index is 2.75. The topological polar surface area (TPSA) is 36.9 Å². The van der Waals surface area contributed by atoms with E-state index < -0.39 is 0 Å². The first-order chi connectivity index (χ1) is 12.7. The summed E-state index contributed by atoms with van der Waals surface area (Å²) in [5.74, 6) is 2.52. The van der Waals surface area contributed by atoms with Crippen molar-refractivity contribution in [2.24, 2.45) is 0 Å². The van der Waals surface area contributed by atoms with E-state index in [1.54, 1.807) is 28.4 Å². The van der Waals surface area contributed by atoms with E-state index in [4.69, 9.17) is 18.9 Å². The quantitative estimate of drug-likeness (QED) is 0.295. The Morgan fingerprint density at radius 3 is 1.33 bits per heavy atom. The molecule has 27 heavy (non-hydrogen) atoms. The molecule has 2 aromatic rings. The minimum absolute atomic E-state index is 0.603. The molecule has 0 amide bonds. The molecule has 0 bridgehead atoms. The second-order valence-corrected chi connectivity index (χ2v) is 9.43. The number of halogens is 5. The van der Waals surface area contributed by atoms with E-state index in [1.165, 1.54) is 0 Å². The lowest BCUT2D eigenvalue weighted by Gasteiger charge is -2.21. The number of benzene rings is 2. The van der Waals surface area contributed by atoms with E-state index >= 15 is 0 Å². The molecule has 0 aliphatic carbocycles. The van der Waals surface area contributed by atoms with Gasteiger partial charge in [-0.25, -0.2) is 0 Å². The highest BCUT2D eigenvalue weighted by Gasteiger charge is 2.26. The summed E-state index contributed by atoms with van der Waals surface area (Å²) in [4.78, 5) is 0. The average Bonchev–Trinajstić information content (AvgIpc) is 2.66. The zero-order valence-corrected chi connectivity index (χ0v) is 23.2. The zero-order chi connectivity index (χ0) is 20.5. The van der Waals surface area contributed by atoms with Gasteiger partial charge in [-0.2, -0.15) is 0 Å². The second kappa shape index (κ2) is 9.69. The van der Waals surface area contributed by atoms with E-state index in [0.29, 0.717) is 29.4 Å². The fraction of sp³-hybridized carbons (Fsp3) is 0.333. The molecular weight excluding hydrogens is 680 g/mol. The van der Waals surface area contributed by atoms with Crippen LogP contribution in [0.2, 0.25) is 0 Å². The molecule has 2 aromatic carbocycles. The molecule has 0 aromatic heterocycles. The lowest BCUT2D eigenvalue weighted by molar-refractivity contribution is 0.349. The van der Waals surface area contributed by atoms with E-state index in [-0.39, 0.29) is 0 Å². The third-order valence-corrected chi connectivity index (χ3v) is 8.95. The van der Waals surface area contributed by atoms with Gasteiger partial charge < -0.3 is 18.9 Å². The molecule has 0 spiro atoms. The number of rotatable bonds is 6. The summed E-state index contributed by atoms with van der Waals surface area (Å²) in [6, 6.07) is 0. The number of methoxy groups -OCH3 is 4. The van der Waals surface area contributed by atoms with Crippen LogP contribution in [0.5, 0.6) is 23.0 Å². The molecule has 0 fully saturated rings. The van der Waals surface area contributed by atoms with Gasteiger partial charge in [0.25, 0.3) is 0 Å². The van der Waals surface area contributed by atoms with Gasteiger partial charge in [-0.05, 0) is 103 Å². The maximum atomic E-state index is 5.57. The molecule has 0 unspecified atom stereocenters. The Bertz CT molecular complexity index is 812. The molecule has 148 valence electrons. The van der Waals surface area contributed by atoms with Crippen LogP contribution in [0, 0.1) is 6.92 Å². The van der Waals surface area contributed by atoms with Crippen LogP contribution in [0.3, 0.4) is 0 Å². The van der Waals surface area contributed by atoms with Crippen molar-refractivity contribution < 1.29 is 18.9 Å². The van der Waals surface area contributed by atoms with Gasteiger partial charge in [-0.1, -0.05) is 0 Å². The number of ether oxygens (including phenoxy) is 4. The van der Waals surface area contributed by atoms with E-state index in [0.717, 1.165) is 39.1 Å². The van der Waals surface area contributed by atoms with Gasteiger partial charge in [0.2, 0.25) is 0 Å². The fourth-order valence-corrected chi connectivity index (χ4v) is 6.15. The summed E-state index contributed by atoms with van der Waals surface area (Å²) in [6.07, 6.45) is 0.603. The minimum Gasteiger partial charge on any atom is -0.492 e. The van der Waals surface area contributed by atoms with Crippen LogP contribution in [-0.4, -0.2) is 28.4 Å². The number of hydrogen-bond donors (Lipinski definition) is 0. The van der Waals surface area contributed by atoms with Crippen LogP contribution in [0.15, 0.2) is 22.4 Å². The predicted octanol–water partition coefficient (Wildman–Crippen LogP) is 7.43. The first kappa shape index (κ1) is 23.3. The Morgan fingerprint density at radius 2 is 0.889 bits per heavy atom. The van der Waals surface area contributed by atoms with Gasteiger partial charge in [0, 0.05) is 10.9 Å². The van der Waals surface area contributed by atoms with E-state index in [2.05, 4.69) is 79.6 Å². The first-order valence-electron chi connectivity index (χ1n) is 7.60. The lowest BCUT2D eigenvalue weighted by atomic mass is 9.99. The monoisotopic (exact) mass is 692 g/mol. The Morgan fingerprint density at radius 1 is 0.519 bits per heavy atom. The van der Waals surface area contributed by atoms with Crippen LogP contribution in [0.4, 0.5) is 0 Å². The molecule has 0 radical (unpaired) electrons. The van der Waals surface area contributed by atoms with Crippen molar-refractivity contribution in [3.63, 3.8) is 0 Å². The molecule has 0 heterocycles. The molecule has 0 aliphatic heterocycles. The second-order valence-electron chi connectivity index (χ2n) is 5.46. The molecule has 0 saturated heterocycles. The van der Waals surface area contributed by atoms with Gasteiger partial charge in [-0.15, -0.1) is 0 Å². The maximum absolute atomic E-state index is 5.57. The summed E-state index contributed by atoms with van der Waals surface area (Å²) in [5.41, 5.74) is 3.10. The van der Waals surface area contributed by atoms with Crippen molar-refractivity contribution in [3.8, 4) is 23.0 Å². The van der Waals surface area contributed by atoms with Gasteiger partial charge in [0.05, 0.1) is 46.3 Å². The van der Waals surface area contributed by atoms with Crippen LogP contribution in [0.1, 0.15) is 16.7 Å². The molecule has 4 nitrogen and oxygen atoms in total. The predicted molar refractivity (Wildman–Crippen MR) is 125 cm³/mol. The summed E-state index contributed by atoms with van der Waals surface area (Å²) in [7, 11) is 6.45. The van der Waals surface area contributed by atoms with Crippen LogP contribution < -0.4 is 18.9 Å².